The van der Waals surface area contributed by atoms with Gasteiger partial charge >= 0.3 is 12.0 Å². The molecule has 0 saturated heterocycles. The van der Waals surface area contributed by atoms with E-state index in [-0.39, 0.29) is 19.2 Å². The van der Waals surface area contributed by atoms with Crippen LogP contribution in [0.2, 0.25) is 0 Å². The first-order valence-electron chi connectivity index (χ1n) is 7.09. The van der Waals surface area contributed by atoms with E-state index in [4.69, 9.17) is 5.11 Å². The quantitative estimate of drug-likeness (QED) is 0.665. The van der Waals surface area contributed by atoms with Crippen LogP contribution in [0.5, 0.6) is 0 Å². The molecule has 0 radical (unpaired) electrons. The maximum atomic E-state index is 12.3. The van der Waals surface area contributed by atoms with Crippen molar-refractivity contribution in [2.24, 2.45) is 5.41 Å². The number of carbonyl (C=O) groups is 2. The van der Waals surface area contributed by atoms with Gasteiger partial charge in [0.05, 0.1) is 6.61 Å². The minimum Gasteiger partial charge on any atom is -0.480 e. The van der Waals surface area contributed by atoms with Crippen molar-refractivity contribution in [3.8, 4) is 0 Å². The molecule has 0 aromatic rings. The summed E-state index contributed by atoms with van der Waals surface area (Å²) in [5.74, 6) is -1.06. The normalized spacial score (nSPS) is 13.2. The van der Waals surface area contributed by atoms with Gasteiger partial charge in [-0.15, -0.1) is 0 Å². The summed E-state index contributed by atoms with van der Waals surface area (Å²) < 4.78 is 0. The Morgan fingerprint density at radius 3 is 2.00 bits per heavy atom. The number of hydrogen-bond donors (Lipinski definition) is 3. The lowest BCUT2D eigenvalue weighted by Gasteiger charge is -2.34. The molecule has 0 unspecified atom stereocenters. The van der Waals surface area contributed by atoms with E-state index >= 15 is 0 Å². The predicted molar refractivity (Wildman–Crippen MR) is 77.6 cm³/mol. The van der Waals surface area contributed by atoms with Crippen molar-refractivity contribution in [1.29, 1.82) is 0 Å². The monoisotopic (exact) mass is 288 g/mol. The summed E-state index contributed by atoms with van der Waals surface area (Å²) in [5.41, 5.74) is -0.583. The van der Waals surface area contributed by atoms with Gasteiger partial charge in [0.25, 0.3) is 0 Å². The van der Waals surface area contributed by atoms with Crippen molar-refractivity contribution in [1.82, 2.24) is 10.2 Å². The Morgan fingerprint density at radius 2 is 1.70 bits per heavy atom. The summed E-state index contributed by atoms with van der Waals surface area (Å²) in [6.07, 6.45) is 1.52. The summed E-state index contributed by atoms with van der Waals surface area (Å²) in [6.45, 7) is 9.28. The summed E-state index contributed by atoms with van der Waals surface area (Å²) in [4.78, 5) is 25.1. The van der Waals surface area contributed by atoms with Gasteiger partial charge in [-0.2, -0.15) is 0 Å². The minimum atomic E-state index is -1.06. The predicted octanol–water partition coefficient (Wildman–Crippen LogP) is 1.68. The van der Waals surface area contributed by atoms with Crippen molar-refractivity contribution in [2.75, 3.05) is 13.2 Å². The lowest BCUT2D eigenvalue weighted by atomic mass is 9.87. The van der Waals surface area contributed by atoms with E-state index in [0.717, 1.165) is 12.8 Å². The van der Waals surface area contributed by atoms with Crippen molar-refractivity contribution in [2.45, 2.75) is 59.5 Å². The summed E-state index contributed by atoms with van der Waals surface area (Å²) in [5, 5.41) is 20.9. The van der Waals surface area contributed by atoms with Gasteiger partial charge in [-0.25, -0.2) is 9.59 Å². The van der Waals surface area contributed by atoms with Crippen LogP contribution in [0.3, 0.4) is 0 Å². The second-order valence-corrected chi connectivity index (χ2v) is 5.97. The zero-order valence-corrected chi connectivity index (χ0v) is 13.1. The van der Waals surface area contributed by atoms with Crippen LogP contribution in [0, 0.1) is 5.41 Å². The lowest BCUT2D eigenvalue weighted by molar-refractivity contribution is -0.142. The second kappa shape index (κ2) is 8.09. The molecule has 0 aromatic carbocycles. The average molecular weight is 288 g/mol. The molecule has 0 aliphatic rings. The molecule has 0 rings (SSSR count). The summed E-state index contributed by atoms with van der Waals surface area (Å²) in [7, 11) is 0. The number of urea groups is 1. The molecule has 6 heteroatoms. The SMILES string of the molecule is CCC(CC)N(CCO)C(=O)N[C@@H](C(=O)O)C(C)(C)C. The van der Waals surface area contributed by atoms with Crippen molar-refractivity contribution in [3.05, 3.63) is 0 Å². The van der Waals surface area contributed by atoms with Crippen LogP contribution < -0.4 is 5.32 Å². The van der Waals surface area contributed by atoms with Gasteiger partial charge in [0.15, 0.2) is 0 Å². The van der Waals surface area contributed by atoms with Crippen LogP contribution in [-0.4, -0.2) is 52.3 Å². The molecule has 0 aliphatic carbocycles. The van der Waals surface area contributed by atoms with Crippen molar-refractivity contribution < 1.29 is 19.8 Å². The molecule has 2 amide bonds. The number of aliphatic hydroxyl groups excluding tert-OH is 1. The third-order valence-electron chi connectivity index (χ3n) is 3.37. The van der Waals surface area contributed by atoms with Crippen LogP contribution in [-0.2, 0) is 4.79 Å². The molecule has 3 N–H and O–H groups in total. The Hall–Kier alpha value is -1.30. The highest BCUT2D eigenvalue weighted by molar-refractivity contribution is 5.83. The number of carboxylic acids is 1. The van der Waals surface area contributed by atoms with E-state index in [1.54, 1.807) is 20.8 Å². The Morgan fingerprint density at radius 1 is 1.20 bits per heavy atom. The highest BCUT2D eigenvalue weighted by Gasteiger charge is 2.34. The maximum Gasteiger partial charge on any atom is 0.326 e. The molecule has 0 aromatic heterocycles. The molecule has 118 valence electrons. The first-order chi connectivity index (χ1) is 9.18. The first kappa shape index (κ1) is 18.7. The fourth-order valence-corrected chi connectivity index (χ4v) is 2.14. The maximum absolute atomic E-state index is 12.3. The number of nitrogens with zero attached hydrogens (tertiary/aromatic N) is 1. The number of aliphatic carboxylic acids is 1. The standard InChI is InChI=1S/C14H28N2O4/c1-6-10(7-2)16(8-9-17)13(20)15-11(12(18)19)14(3,4)5/h10-11,17H,6-9H2,1-5H3,(H,15,20)(H,18,19)/t11-/m0/s1. The van der Waals surface area contributed by atoms with Gasteiger partial charge in [-0.05, 0) is 18.3 Å². The number of rotatable bonds is 7. The fraction of sp³-hybridized carbons (Fsp3) is 0.857. The fourth-order valence-electron chi connectivity index (χ4n) is 2.14. The van der Waals surface area contributed by atoms with Crippen molar-refractivity contribution in [3.63, 3.8) is 0 Å². The number of nitrogens with one attached hydrogen (secondary N) is 1. The molecule has 20 heavy (non-hydrogen) atoms. The zero-order chi connectivity index (χ0) is 15.9. The lowest BCUT2D eigenvalue weighted by Crippen LogP contribution is -2.55. The van der Waals surface area contributed by atoms with Crippen LogP contribution in [0.1, 0.15) is 47.5 Å². The molecule has 0 saturated carbocycles. The molecule has 0 heterocycles. The first-order valence-corrected chi connectivity index (χ1v) is 7.09. The van der Waals surface area contributed by atoms with E-state index in [2.05, 4.69) is 5.32 Å². The van der Waals surface area contributed by atoms with Crippen LogP contribution in [0.4, 0.5) is 4.79 Å². The van der Waals surface area contributed by atoms with Gasteiger partial charge in [-0.1, -0.05) is 34.6 Å². The summed E-state index contributed by atoms with van der Waals surface area (Å²) >= 11 is 0. The Bertz CT molecular complexity index is 322. The molecule has 0 aliphatic heterocycles. The number of hydrogen-bond acceptors (Lipinski definition) is 3. The van der Waals surface area contributed by atoms with Gasteiger partial charge in [0.1, 0.15) is 6.04 Å². The second-order valence-electron chi connectivity index (χ2n) is 5.97. The van der Waals surface area contributed by atoms with Crippen LogP contribution >= 0.6 is 0 Å². The molecular weight excluding hydrogens is 260 g/mol. The number of aliphatic hydroxyl groups is 1. The van der Waals surface area contributed by atoms with Gasteiger partial charge in [-0.3, -0.25) is 0 Å². The third kappa shape index (κ3) is 5.36. The van der Waals surface area contributed by atoms with Gasteiger partial charge in [0, 0.05) is 12.6 Å². The average Bonchev–Trinajstić information content (AvgIpc) is 2.34. The molecule has 1 atom stereocenters. The Kier molecular flexibility index (Phi) is 7.57. The molecular formula is C14H28N2O4. The number of carboxylic acid groups (broad SMARTS) is 1. The van der Waals surface area contributed by atoms with E-state index in [1.165, 1.54) is 4.90 Å². The van der Waals surface area contributed by atoms with E-state index < -0.39 is 23.5 Å². The smallest absolute Gasteiger partial charge is 0.326 e. The van der Waals surface area contributed by atoms with Crippen LogP contribution in [0.15, 0.2) is 0 Å². The molecule has 0 bridgehead atoms. The number of carbonyl (C=O) groups excluding carboxylic acids is 1. The van der Waals surface area contributed by atoms with Gasteiger partial charge < -0.3 is 20.4 Å². The van der Waals surface area contributed by atoms with E-state index in [9.17, 15) is 14.7 Å². The Labute approximate surface area is 121 Å². The minimum absolute atomic E-state index is 0.00318. The highest BCUT2D eigenvalue weighted by atomic mass is 16.4. The zero-order valence-electron chi connectivity index (χ0n) is 13.1. The third-order valence-corrected chi connectivity index (χ3v) is 3.37. The Balaban J connectivity index is 5.02. The molecule has 0 fully saturated rings. The largest absolute Gasteiger partial charge is 0.480 e. The highest BCUT2D eigenvalue weighted by Crippen LogP contribution is 2.20. The van der Waals surface area contributed by atoms with Crippen molar-refractivity contribution >= 4 is 12.0 Å². The van der Waals surface area contributed by atoms with E-state index in [0.29, 0.717) is 0 Å². The van der Waals surface area contributed by atoms with Gasteiger partial charge in [0.2, 0.25) is 0 Å². The van der Waals surface area contributed by atoms with Crippen LogP contribution in [0.25, 0.3) is 0 Å². The molecule has 0 spiro atoms. The van der Waals surface area contributed by atoms with E-state index in [1.807, 2.05) is 13.8 Å². The number of amides is 2. The topological polar surface area (TPSA) is 89.9 Å². The summed E-state index contributed by atoms with van der Waals surface area (Å²) in [6, 6.07) is -1.41. The molecule has 6 nitrogen and oxygen atoms in total.